The lowest BCUT2D eigenvalue weighted by Crippen LogP contribution is -2.32. The van der Waals surface area contributed by atoms with Crippen LogP contribution in [-0.4, -0.2) is 31.7 Å². The molecule has 0 heterocycles. The van der Waals surface area contributed by atoms with E-state index in [2.05, 4.69) is 10.0 Å². The van der Waals surface area contributed by atoms with Crippen molar-refractivity contribution in [3.8, 4) is 0 Å². The van der Waals surface area contributed by atoms with Crippen LogP contribution in [0.4, 0.5) is 5.69 Å². The second-order valence-electron chi connectivity index (χ2n) is 5.50. The zero-order valence-electron chi connectivity index (χ0n) is 12.5. The first kappa shape index (κ1) is 16.9. The molecule has 0 fully saturated rings. The van der Waals surface area contributed by atoms with Crippen molar-refractivity contribution >= 4 is 15.7 Å². The molecule has 0 saturated carbocycles. The highest BCUT2D eigenvalue weighted by atomic mass is 32.2. The highest BCUT2D eigenvalue weighted by molar-refractivity contribution is 7.89. The molecule has 0 amide bonds. The highest BCUT2D eigenvalue weighted by Crippen LogP contribution is 2.16. The highest BCUT2D eigenvalue weighted by Gasteiger charge is 2.17. The van der Waals surface area contributed by atoms with Crippen LogP contribution in [0.2, 0.25) is 0 Å². The number of hydrogen-bond donors (Lipinski definition) is 3. The van der Waals surface area contributed by atoms with Crippen LogP contribution in [0, 0.1) is 0 Å². The molecular weight excluding hydrogens is 276 g/mol. The predicted octanol–water partition coefficient (Wildman–Crippen LogP) is 1.95. The third kappa shape index (κ3) is 5.11. The van der Waals surface area contributed by atoms with E-state index in [1.807, 2.05) is 6.92 Å². The van der Waals surface area contributed by atoms with E-state index in [9.17, 15) is 13.5 Å². The Labute approximate surface area is 121 Å². The van der Waals surface area contributed by atoms with Crippen molar-refractivity contribution in [2.45, 2.75) is 50.7 Å². The maximum atomic E-state index is 11.9. The quantitative estimate of drug-likeness (QED) is 0.719. The Morgan fingerprint density at radius 3 is 2.25 bits per heavy atom. The zero-order chi connectivity index (χ0) is 15.4. The van der Waals surface area contributed by atoms with E-state index in [0.29, 0.717) is 13.0 Å². The summed E-state index contributed by atoms with van der Waals surface area (Å²) >= 11 is 0. The molecule has 20 heavy (non-hydrogen) atoms. The molecule has 5 nitrogen and oxygen atoms in total. The molecule has 0 aromatic heterocycles. The Balaban J connectivity index is 2.75. The van der Waals surface area contributed by atoms with Gasteiger partial charge in [-0.3, -0.25) is 0 Å². The third-order valence-corrected chi connectivity index (χ3v) is 4.66. The fourth-order valence-electron chi connectivity index (χ4n) is 1.55. The van der Waals surface area contributed by atoms with Gasteiger partial charge >= 0.3 is 0 Å². The molecule has 1 unspecified atom stereocenters. The van der Waals surface area contributed by atoms with E-state index in [0.717, 1.165) is 5.69 Å². The van der Waals surface area contributed by atoms with Crippen molar-refractivity contribution in [3.05, 3.63) is 24.3 Å². The molecule has 0 radical (unpaired) electrons. The molecule has 1 aromatic rings. The van der Waals surface area contributed by atoms with E-state index in [-0.39, 0.29) is 10.9 Å². The Morgan fingerprint density at radius 1 is 1.25 bits per heavy atom. The minimum atomic E-state index is -3.45. The van der Waals surface area contributed by atoms with Crippen molar-refractivity contribution < 1.29 is 13.5 Å². The molecule has 1 rings (SSSR count). The fraction of sp³-hybridized carbons (Fsp3) is 0.571. The molecular formula is C14H24N2O3S. The first-order chi connectivity index (χ1) is 9.16. The second kappa shape index (κ2) is 6.56. The minimum absolute atomic E-state index is 0.141. The average molecular weight is 300 g/mol. The molecule has 1 atom stereocenters. The van der Waals surface area contributed by atoms with Crippen LogP contribution in [0.15, 0.2) is 29.2 Å². The number of nitrogens with one attached hydrogen (secondary N) is 2. The Hall–Kier alpha value is -1.11. The van der Waals surface area contributed by atoms with Gasteiger partial charge in [-0.15, -0.1) is 0 Å². The van der Waals surface area contributed by atoms with Crippen LogP contribution in [0.3, 0.4) is 0 Å². The summed E-state index contributed by atoms with van der Waals surface area (Å²) in [5, 5.41) is 13.0. The van der Waals surface area contributed by atoms with Crippen molar-refractivity contribution in [3.63, 3.8) is 0 Å². The number of anilines is 1. The van der Waals surface area contributed by atoms with Gasteiger partial charge in [0.15, 0.2) is 0 Å². The lowest BCUT2D eigenvalue weighted by Gasteiger charge is -2.22. The van der Waals surface area contributed by atoms with Gasteiger partial charge in [0.2, 0.25) is 10.0 Å². The standard InChI is InChI=1S/C14H24N2O3S/c1-5-14(4,17)10-15-12-6-8-13(9-7-12)20(18,19)16-11(2)3/h6-9,11,15-17H,5,10H2,1-4H3. The number of aliphatic hydroxyl groups is 1. The Bertz CT molecular complexity index is 522. The van der Waals surface area contributed by atoms with Gasteiger partial charge in [0.1, 0.15) is 0 Å². The van der Waals surface area contributed by atoms with Crippen LogP contribution >= 0.6 is 0 Å². The number of hydrogen-bond acceptors (Lipinski definition) is 4. The summed E-state index contributed by atoms with van der Waals surface area (Å²) in [4.78, 5) is 0.235. The Kier molecular flexibility index (Phi) is 5.56. The number of rotatable bonds is 7. The Morgan fingerprint density at radius 2 is 1.80 bits per heavy atom. The van der Waals surface area contributed by atoms with E-state index in [1.165, 1.54) is 0 Å². The molecule has 6 heteroatoms. The van der Waals surface area contributed by atoms with E-state index >= 15 is 0 Å². The molecule has 1 aromatic carbocycles. The summed E-state index contributed by atoms with van der Waals surface area (Å²) in [5.74, 6) is 0. The zero-order valence-corrected chi connectivity index (χ0v) is 13.3. The van der Waals surface area contributed by atoms with Crippen molar-refractivity contribution in [1.82, 2.24) is 4.72 Å². The second-order valence-corrected chi connectivity index (χ2v) is 7.22. The monoisotopic (exact) mass is 300 g/mol. The lowest BCUT2D eigenvalue weighted by molar-refractivity contribution is 0.0697. The fourth-order valence-corrected chi connectivity index (χ4v) is 2.80. The molecule has 0 aliphatic rings. The number of sulfonamides is 1. The van der Waals surface area contributed by atoms with Crippen LogP contribution in [-0.2, 0) is 10.0 Å². The van der Waals surface area contributed by atoms with Gasteiger partial charge in [0.05, 0.1) is 10.5 Å². The van der Waals surface area contributed by atoms with Gasteiger partial charge in [0.25, 0.3) is 0 Å². The van der Waals surface area contributed by atoms with Crippen molar-refractivity contribution in [1.29, 1.82) is 0 Å². The summed E-state index contributed by atoms with van der Waals surface area (Å²) in [6.45, 7) is 7.64. The van der Waals surface area contributed by atoms with Gasteiger partial charge in [-0.25, -0.2) is 13.1 Å². The summed E-state index contributed by atoms with van der Waals surface area (Å²) < 4.78 is 26.4. The molecule has 0 aliphatic carbocycles. The maximum Gasteiger partial charge on any atom is 0.240 e. The SMILES string of the molecule is CCC(C)(O)CNc1ccc(S(=O)(=O)NC(C)C)cc1. The summed E-state index contributed by atoms with van der Waals surface area (Å²) in [5.41, 5.74) is 0.00597. The van der Waals surface area contributed by atoms with Crippen LogP contribution in [0.25, 0.3) is 0 Å². The largest absolute Gasteiger partial charge is 0.388 e. The van der Waals surface area contributed by atoms with E-state index in [4.69, 9.17) is 0 Å². The van der Waals surface area contributed by atoms with Gasteiger partial charge in [0, 0.05) is 18.3 Å². The summed E-state index contributed by atoms with van der Waals surface area (Å²) in [6, 6.07) is 6.35. The molecule has 3 N–H and O–H groups in total. The molecule has 114 valence electrons. The molecule has 0 bridgehead atoms. The topological polar surface area (TPSA) is 78.4 Å². The summed E-state index contributed by atoms with van der Waals surface area (Å²) in [7, 11) is -3.45. The van der Waals surface area contributed by atoms with Gasteiger partial charge in [-0.05, 0) is 51.5 Å². The first-order valence-electron chi connectivity index (χ1n) is 6.75. The lowest BCUT2D eigenvalue weighted by atomic mass is 10.0. The molecule has 0 saturated heterocycles. The van der Waals surface area contributed by atoms with Crippen LogP contribution < -0.4 is 10.0 Å². The number of benzene rings is 1. The van der Waals surface area contributed by atoms with E-state index < -0.39 is 15.6 Å². The van der Waals surface area contributed by atoms with Gasteiger partial charge in [-0.1, -0.05) is 6.92 Å². The van der Waals surface area contributed by atoms with Gasteiger partial charge < -0.3 is 10.4 Å². The minimum Gasteiger partial charge on any atom is -0.388 e. The maximum absolute atomic E-state index is 11.9. The van der Waals surface area contributed by atoms with E-state index in [1.54, 1.807) is 45.0 Å². The average Bonchev–Trinajstić information content (AvgIpc) is 2.35. The van der Waals surface area contributed by atoms with Gasteiger partial charge in [-0.2, -0.15) is 0 Å². The van der Waals surface area contributed by atoms with Crippen molar-refractivity contribution in [2.24, 2.45) is 0 Å². The normalized spacial score (nSPS) is 15.1. The predicted molar refractivity (Wildman–Crippen MR) is 81.3 cm³/mol. The molecule has 0 aliphatic heterocycles. The summed E-state index contributed by atoms with van der Waals surface area (Å²) in [6.07, 6.45) is 0.644. The van der Waals surface area contributed by atoms with Crippen LogP contribution in [0.5, 0.6) is 0 Å². The third-order valence-electron chi connectivity index (χ3n) is 2.99. The molecule has 0 spiro atoms. The smallest absolute Gasteiger partial charge is 0.240 e. The first-order valence-corrected chi connectivity index (χ1v) is 8.23. The van der Waals surface area contributed by atoms with Crippen molar-refractivity contribution in [2.75, 3.05) is 11.9 Å². The van der Waals surface area contributed by atoms with Crippen LogP contribution in [0.1, 0.15) is 34.1 Å².